The molecule has 2 heterocycles. The fourth-order valence-electron chi connectivity index (χ4n) is 3.20. The fraction of sp³-hybridized carbons (Fsp3) is 0.471. The summed E-state index contributed by atoms with van der Waals surface area (Å²) in [4.78, 5) is 14.8. The maximum absolute atomic E-state index is 10.9. The van der Waals surface area contributed by atoms with Crippen molar-refractivity contribution in [2.24, 2.45) is 11.0 Å². The van der Waals surface area contributed by atoms with E-state index in [1.807, 2.05) is 52.4 Å². The van der Waals surface area contributed by atoms with Gasteiger partial charge in [-0.3, -0.25) is 0 Å². The lowest BCUT2D eigenvalue weighted by Crippen LogP contribution is -2.35. The van der Waals surface area contributed by atoms with Crippen molar-refractivity contribution in [3.63, 3.8) is 0 Å². The Morgan fingerprint density at radius 2 is 2.17 bits per heavy atom. The Balaban J connectivity index is 1.70. The van der Waals surface area contributed by atoms with Gasteiger partial charge in [-0.1, -0.05) is 30.3 Å². The van der Waals surface area contributed by atoms with Gasteiger partial charge in [0.25, 0.3) is 5.96 Å². The van der Waals surface area contributed by atoms with E-state index in [1.165, 1.54) is 0 Å². The molecular weight excluding hydrogens is 308 g/mol. The summed E-state index contributed by atoms with van der Waals surface area (Å²) in [6.45, 7) is 4.94. The lowest BCUT2D eigenvalue weighted by molar-refractivity contribution is -0.486. The number of guanidine groups is 1. The van der Waals surface area contributed by atoms with Crippen molar-refractivity contribution in [2.75, 3.05) is 26.2 Å². The molecule has 7 heteroatoms. The lowest BCUT2D eigenvalue weighted by atomic mass is 10.1. The van der Waals surface area contributed by atoms with E-state index < -0.39 is 5.03 Å². The second-order valence-electron chi connectivity index (χ2n) is 6.25. The maximum Gasteiger partial charge on any atom is 0.278 e. The highest BCUT2D eigenvalue weighted by Crippen LogP contribution is 2.22. The Morgan fingerprint density at radius 1 is 1.38 bits per heavy atom. The number of rotatable bonds is 5. The molecule has 0 saturated carbocycles. The van der Waals surface area contributed by atoms with Crippen molar-refractivity contribution in [3.05, 3.63) is 52.2 Å². The van der Waals surface area contributed by atoms with Gasteiger partial charge in [0.2, 0.25) is 0 Å². The van der Waals surface area contributed by atoms with Crippen LogP contribution >= 0.6 is 0 Å². The van der Waals surface area contributed by atoms with Crippen molar-refractivity contribution in [1.29, 1.82) is 0 Å². The van der Waals surface area contributed by atoms with E-state index in [0.29, 0.717) is 25.0 Å². The van der Waals surface area contributed by atoms with Crippen LogP contribution in [0.2, 0.25) is 0 Å². The summed E-state index contributed by atoms with van der Waals surface area (Å²) in [5.74, 6) is 0.807. The van der Waals surface area contributed by atoms with Crippen molar-refractivity contribution in [2.45, 2.75) is 19.4 Å². The molecule has 7 nitrogen and oxygen atoms in total. The molecule has 1 aromatic carbocycles. The van der Waals surface area contributed by atoms with Crippen LogP contribution in [-0.4, -0.2) is 53.1 Å². The molecule has 2 aliphatic heterocycles. The third-order valence-corrected chi connectivity index (χ3v) is 4.33. The lowest BCUT2D eigenvalue weighted by Gasteiger charge is -2.21. The van der Waals surface area contributed by atoms with Crippen molar-refractivity contribution < 1.29 is 9.77 Å². The zero-order chi connectivity index (χ0) is 16.9. The Morgan fingerprint density at radius 3 is 2.83 bits per heavy atom. The smallest absolute Gasteiger partial charge is 0.278 e. The molecular formula is C17H22N4O3. The zero-order valence-electron chi connectivity index (χ0n) is 13.7. The number of hydrazone groups is 1. The summed E-state index contributed by atoms with van der Waals surface area (Å²) >= 11 is 0. The number of nitrogens with zero attached hydrogens (tertiary/aromatic N) is 4. The molecule has 2 aliphatic rings. The van der Waals surface area contributed by atoms with Gasteiger partial charge in [-0.05, 0) is 25.0 Å². The molecule has 3 rings (SSSR count). The van der Waals surface area contributed by atoms with Crippen LogP contribution in [0.4, 0.5) is 0 Å². The third-order valence-electron chi connectivity index (χ3n) is 4.33. The molecule has 2 unspecified atom stereocenters. The van der Waals surface area contributed by atoms with Crippen molar-refractivity contribution in [3.8, 4) is 0 Å². The summed E-state index contributed by atoms with van der Waals surface area (Å²) in [7, 11) is 0. The Hall–Kier alpha value is -2.41. The average Bonchev–Trinajstić information content (AvgIpc) is 3.13. The summed E-state index contributed by atoms with van der Waals surface area (Å²) in [5, 5.41) is 13.9. The second-order valence-corrected chi connectivity index (χ2v) is 6.25. The van der Waals surface area contributed by atoms with E-state index in [9.17, 15) is 10.1 Å². The molecule has 0 aliphatic carbocycles. The van der Waals surface area contributed by atoms with Crippen LogP contribution < -0.4 is 0 Å². The first-order valence-electron chi connectivity index (χ1n) is 8.21. The van der Waals surface area contributed by atoms with Crippen LogP contribution in [0, 0.1) is 16.0 Å². The Labute approximate surface area is 141 Å². The predicted molar refractivity (Wildman–Crippen MR) is 91.7 cm³/mol. The number of ether oxygens (including phenoxy) is 1. The standard InChI is InChI=1S/C17H22N4O3/c1-14-11-16(13-24-14)12-20-10-9-19(17(20)18-21(22)23)8-7-15-5-3-2-4-6-15/h2-8,14,16H,9-13H2,1H3. The second kappa shape index (κ2) is 7.44. The summed E-state index contributed by atoms with van der Waals surface area (Å²) < 4.78 is 5.60. The van der Waals surface area contributed by atoms with Gasteiger partial charge >= 0.3 is 0 Å². The molecule has 0 amide bonds. The molecule has 0 radical (unpaired) electrons. The molecule has 0 N–H and O–H groups in total. The maximum atomic E-state index is 10.9. The van der Waals surface area contributed by atoms with Crippen LogP contribution in [0.1, 0.15) is 18.9 Å². The van der Waals surface area contributed by atoms with Gasteiger partial charge in [0.15, 0.2) is 5.03 Å². The minimum absolute atomic E-state index is 0.266. The van der Waals surface area contributed by atoms with E-state index in [2.05, 4.69) is 12.0 Å². The van der Waals surface area contributed by atoms with E-state index in [4.69, 9.17) is 4.74 Å². The van der Waals surface area contributed by atoms with E-state index in [0.717, 1.165) is 25.1 Å². The fourth-order valence-corrected chi connectivity index (χ4v) is 3.20. The highest BCUT2D eigenvalue weighted by atomic mass is 16.7. The summed E-state index contributed by atoms with van der Waals surface area (Å²) in [6.07, 6.45) is 5.07. The molecule has 24 heavy (non-hydrogen) atoms. The molecule has 128 valence electrons. The minimum atomic E-state index is -0.620. The van der Waals surface area contributed by atoms with Gasteiger partial charge < -0.3 is 14.5 Å². The van der Waals surface area contributed by atoms with Gasteiger partial charge in [-0.15, -0.1) is 0 Å². The Bertz CT molecular complexity index is 632. The predicted octanol–water partition coefficient (Wildman–Crippen LogP) is 2.25. The van der Waals surface area contributed by atoms with E-state index >= 15 is 0 Å². The van der Waals surface area contributed by atoms with Gasteiger partial charge in [-0.2, -0.15) is 0 Å². The van der Waals surface area contributed by atoms with Crippen LogP contribution in [0.25, 0.3) is 6.08 Å². The van der Waals surface area contributed by atoms with Crippen LogP contribution in [0.3, 0.4) is 0 Å². The normalized spacial score (nSPS) is 26.0. The third kappa shape index (κ3) is 4.11. The molecule has 0 spiro atoms. The minimum Gasteiger partial charge on any atom is -0.378 e. The van der Waals surface area contributed by atoms with Gasteiger partial charge in [0.05, 0.1) is 12.7 Å². The first-order valence-corrected chi connectivity index (χ1v) is 8.21. The molecule has 2 saturated heterocycles. The van der Waals surface area contributed by atoms with Crippen LogP contribution in [-0.2, 0) is 4.74 Å². The topological polar surface area (TPSA) is 71.2 Å². The highest BCUT2D eigenvalue weighted by molar-refractivity contribution is 5.83. The SMILES string of the molecule is CC1CC(CN2CCN(C=Cc3ccccc3)C2=N[N+](=O)[O-])CO1. The van der Waals surface area contributed by atoms with Crippen LogP contribution in [0.15, 0.2) is 41.6 Å². The Kier molecular flexibility index (Phi) is 5.10. The monoisotopic (exact) mass is 330 g/mol. The first kappa shape index (κ1) is 16.4. The van der Waals surface area contributed by atoms with E-state index in [1.54, 1.807) is 0 Å². The highest BCUT2D eigenvalue weighted by Gasteiger charge is 2.32. The number of hydrogen-bond donors (Lipinski definition) is 0. The zero-order valence-corrected chi connectivity index (χ0v) is 13.7. The quantitative estimate of drug-likeness (QED) is 0.612. The largest absolute Gasteiger partial charge is 0.378 e. The summed E-state index contributed by atoms with van der Waals surface area (Å²) in [6, 6.07) is 9.86. The number of hydrogen-bond acceptors (Lipinski definition) is 3. The average molecular weight is 330 g/mol. The number of benzene rings is 1. The van der Waals surface area contributed by atoms with Gasteiger partial charge in [0, 0.05) is 31.8 Å². The molecule has 0 bridgehead atoms. The van der Waals surface area contributed by atoms with E-state index in [-0.39, 0.29) is 6.10 Å². The van der Waals surface area contributed by atoms with Gasteiger partial charge in [-0.25, -0.2) is 10.1 Å². The molecule has 0 aromatic heterocycles. The first-order chi connectivity index (χ1) is 11.6. The molecule has 1 aromatic rings. The molecule has 2 atom stereocenters. The van der Waals surface area contributed by atoms with Crippen molar-refractivity contribution in [1.82, 2.24) is 9.80 Å². The number of nitro groups is 1. The van der Waals surface area contributed by atoms with Gasteiger partial charge in [0.1, 0.15) is 5.10 Å². The van der Waals surface area contributed by atoms with Crippen LogP contribution in [0.5, 0.6) is 0 Å². The summed E-state index contributed by atoms with van der Waals surface area (Å²) in [5.41, 5.74) is 1.05. The van der Waals surface area contributed by atoms with Crippen molar-refractivity contribution >= 4 is 12.0 Å². The molecule has 2 fully saturated rings.